The van der Waals surface area contributed by atoms with Crippen molar-refractivity contribution in [3.63, 3.8) is 0 Å². The van der Waals surface area contributed by atoms with Gasteiger partial charge in [-0.05, 0) is 81.7 Å². The molecular formula is C52H33NO2. The molecule has 0 bridgehead atoms. The Balaban J connectivity index is 1.14. The molecule has 0 fully saturated rings. The van der Waals surface area contributed by atoms with Gasteiger partial charge in [0.2, 0.25) is 0 Å². The number of anilines is 3. The van der Waals surface area contributed by atoms with E-state index in [-0.39, 0.29) is 0 Å². The minimum absolute atomic E-state index is 0.849. The van der Waals surface area contributed by atoms with E-state index in [1.807, 2.05) is 12.1 Å². The van der Waals surface area contributed by atoms with E-state index in [1.165, 1.54) is 11.1 Å². The molecule has 55 heavy (non-hydrogen) atoms. The fourth-order valence-electron chi connectivity index (χ4n) is 8.21. The summed E-state index contributed by atoms with van der Waals surface area (Å²) in [4.78, 5) is 2.37. The van der Waals surface area contributed by atoms with Gasteiger partial charge in [0.1, 0.15) is 22.3 Å². The fourth-order valence-corrected chi connectivity index (χ4v) is 8.21. The Morgan fingerprint density at radius 2 is 0.909 bits per heavy atom. The van der Waals surface area contributed by atoms with Gasteiger partial charge in [-0.15, -0.1) is 0 Å². The molecule has 0 spiro atoms. The van der Waals surface area contributed by atoms with Crippen molar-refractivity contribution in [2.45, 2.75) is 0 Å². The second-order valence-electron chi connectivity index (χ2n) is 14.1. The third-order valence-electron chi connectivity index (χ3n) is 10.9. The predicted octanol–water partition coefficient (Wildman–Crippen LogP) is 15.1. The number of hydrogen-bond acceptors (Lipinski definition) is 3. The number of fused-ring (bicyclic) bond motifs is 8. The van der Waals surface area contributed by atoms with Crippen LogP contribution in [0.5, 0.6) is 0 Å². The number of para-hydroxylation sites is 2. The zero-order valence-electron chi connectivity index (χ0n) is 29.8. The summed E-state index contributed by atoms with van der Waals surface area (Å²) in [6.45, 7) is 0. The van der Waals surface area contributed by atoms with Crippen LogP contribution in [0.25, 0.3) is 88.0 Å². The van der Waals surface area contributed by atoms with Crippen molar-refractivity contribution in [2.24, 2.45) is 0 Å². The van der Waals surface area contributed by atoms with Crippen LogP contribution in [0.3, 0.4) is 0 Å². The molecule has 0 aliphatic carbocycles. The molecule has 258 valence electrons. The van der Waals surface area contributed by atoms with E-state index in [0.29, 0.717) is 0 Å². The molecule has 3 heteroatoms. The maximum atomic E-state index is 6.87. The molecule has 0 saturated carbocycles. The summed E-state index contributed by atoms with van der Waals surface area (Å²) in [7, 11) is 0. The third-order valence-corrected chi connectivity index (χ3v) is 10.9. The quantitative estimate of drug-likeness (QED) is 0.173. The molecule has 0 N–H and O–H groups in total. The average Bonchev–Trinajstić information content (AvgIpc) is 3.84. The van der Waals surface area contributed by atoms with Crippen LogP contribution in [-0.4, -0.2) is 0 Å². The van der Waals surface area contributed by atoms with Crippen LogP contribution in [0.2, 0.25) is 0 Å². The van der Waals surface area contributed by atoms with Crippen molar-refractivity contribution < 1.29 is 8.83 Å². The zero-order chi connectivity index (χ0) is 36.3. The third kappa shape index (κ3) is 5.20. The summed E-state index contributed by atoms with van der Waals surface area (Å²) in [6, 6.07) is 70.9. The van der Waals surface area contributed by atoms with E-state index in [2.05, 4.69) is 193 Å². The molecule has 3 nitrogen and oxygen atoms in total. The van der Waals surface area contributed by atoms with Crippen LogP contribution in [0, 0.1) is 0 Å². The summed E-state index contributed by atoms with van der Waals surface area (Å²) in [5, 5.41) is 6.67. The van der Waals surface area contributed by atoms with Crippen LogP contribution in [0.15, 0.2) is 209 Å². The smallest absolute Gasteiger partial charge is 0.143 e. The Bertz CT molecular complexity index is 3180. The van der Waals surface area contributed by atoms with Crippen LogP contribution >= 0.6 is 0 Å². The second-order valence-corrected chi connectivity index (χ2v) is 14.1. The lowest BCUT2D eigenvalue weighted by Crippen LogP contribution is -2.10. The highest BCUT2D eigenvalue weighted by Crippen LogP contribution is 2.47. The van der Waals surface area contributed by atoms with Crippen molar-refractivity contribution in [1.82, 2.24) is 0 Å². The molecule has 2 aromatic heterocycles. The van der Waals surface area contributed by atoms with Crippen molar-refractivity contribution in [3.8, 4) is 33.4 Å². The van der Waals surface area contributed by atoms with Gasteiger partial charge in [0, 0.05) is 38.5 Å². The SMILES string of the molecule is c1ccc(-c2ccc(N(c3ccc(-c4cccc5c4oc4ccccc45)cc3)c3cc(-c4ccccc4)cc4oc5c6ccccc6ccc5c34)cc2)cc1. The van der Waals surface area contributed by atoms with Gasteiger partial charge in [0.15, 0.2) is 0 Å². The van der Waals surface area contributed by atoms with E-state index >= 15 is 0 Å². The van der Waals surface area contributed by atoms with Crippen LogP contribution in [0.1, 0.15) is 0 Å². The van der Waals surface area contributed by atoms with E-state index in [4.69, 9.17) is 8.83 Å². The average molecular weight is 704 g/mol. The fraction of sp³-hybridized carbons (Fsp3) is 0. The maximum absolute atomic E-state index is 6.87. The number of furan rings is 2. The largest absolute Gasteiger partial charge is 0.455 e. The number of nitrogens with zero attached hydrogens (tertiary/aromatic N) is 1. The molecule has 0 amide bonds. The Kier molecular flexibility index (Phi) is 7.17. The first-order valence-electron chi connectivity index (χ1n) is 18.7. The second kappa shape index (κ2) is 12.6. The van der Waals surface area contributed by atoms with E-state index in [0.717, 1.165) is 94.0 Å². The molecule has 11 rings (SSSR count). The monoisotopic (exact) mass is 703 g/mol. The van der Waals surface area contributed by atoms with E-state index in [9.17, 15) is 0 Å². The topological polar surface area (TPSA) is 29.5 Å². The summed E-state index contributed by atoms with van der Waals surface area (Å²) >= 11 is 0. The van der Waals surface area contributed by atoms with Crippen LogP contribution < -0.4 is 4.90 Å². The van der Waals surface area contributed by atoms with Gasteiger partial charge in [0.05, 0.1) is 11.1 Å². The van der Waals surface area contributed by atoms with Crippen molar-refractivity contribution in [1.29, 1.82) is 0 Å². The first-order valence-corrected chi connectivity index (χ1v) is 18.7. The molecule has 0 unspecified atom stereocenters. The van der Waals surface area contributed by atoms with Gasteiger partial charge in [-0.25, -0.2) is 0 Å². The van der Waals surface area contributed by atoms with E-state index < -0.39 is 0 Å². The van der Waals surface area contributed by atoms with Gasteiger partial charge in [-0.2, -0.15) is 0 Å². The maximum Gasteiger partial charge on any atom is 0.143 e. The minimum Gasteiger partial charge on any atom is -0.455 e. The summed E-state index contributed by atoms with van der Waals surface area (Å²) in [6.07, 6.45) is 0. The van der Waals surface area contributed by atoms with Crippen LogP contribution in [-0.2, 0) is 0 Å². The molecular weight excluding hydrogens is 671 g/mol. The molecule has 0 saturated heterocycles. The van der Waals surface area contributed by atoms with Crippen molar-refractivity contribution in [2.75, 3.05) is 4.90 Å². The number of hydrogen-bond donors (Lipinski definition) is 0. The Labute approximate surface area is 317 Å². The lowest BCUT2D eigenvalue weighted by Gasteiger charge is -2.27. The van der Waals surface area contributed by atoms with Crippen molar-refractivity contribution >= 4 is 71.7 Å². The Morgan fingerprint density at radius 1 is 0.327 bits per heavy atom. The lowest BCUT2D eigenvalue weighted by atomic mass is 9.98. The molecule has 0 atom stereocenters. The highest BCUT2D eigenvalue weighted by Gasteiger charge is 2.23. The predicted molar refractivity (Wildman–Crippen MR) is 229 cm³/mol. The summed E-state index contributed by atoms with van der Waals surface area (Å²) in [5.74, 6) is 0. The standard InChI is InChI=1S/C52H33NO2/c1-3-12-34(13-4-1)36-22-27-40(28-23-36)53(41-29-24-38(25-30-41)43-19-11-20-45-44-18-9-10-21-48(44)54-51(43)45)47-32-39(35-14-5-2-6-15-35)33-49-50(47)46-31-26-37-16-7-8-17-42(37)52(46)55-49/h1-33H. The minimum atomic E-state index is 0.849. The first kappa shape index (κ1) is 31.2. The van der Waals surface area contributed by atoms with E-state index in [1.54, 1.807) is 0 Å². The van der Waals surface area contributed by atoms with Gasteiger partial charge in [-0.3, -0.25) is 0 Å². The van der Waals surface area contributed by atoms with Gasteiger partial charge >= 0.3 is 0 Å². The molecule has 9 aromatic carbocycles. The first-order chi connectivity index (χ1) is 27.3. The van der Waals surface area contributed by atoms with Crippen LogP contribution in [0.4, 0.5) is 17.1 Å². The lowest BCUT2D eigenvalue weighted by molar-refractivity contribution is 0.670. The Hall–Kier alpha value is -7.36. The molecule has 0 aliphatic heterocycles. The Morgan fingerprint density at radius 3 is 1.65 bits per heavy atom. The summed E-state index contributed by atoms with van der Waals surface area (Å²) in [5.41, 5.74) is 13.4. The number of benzene rings is 9. The summed E-state index contributed by atoms with van der Waals surface area (Å²) < 4.78 is 13.3. The zero-order valence-corrected chi connectivity index (χ0v) is 29.8. The number of rotatable bonds is 6. The van der Waals surface area contributed by atoms with Gasteiger partial charge < -0.3 is 13.7 Å². The normalized spacial score (nSPS) is 11.6. The highest BCUT2D eigenvalue weighted by atomic mass is 16.3. The molecule has 0 aliphatic rings. The van der Waals surface area contributed by atoms with Gasteiger partial charge in [-0.1, -0.05) is 152 Å². The van der Waals surface area contributed by atoms with Crippen molar-refractivity contribution in [3.05, 3.63) is 200 Å². The molecule has 11 aromatic rings. The van der Waals surface area contributed by atoms with Gasteiger partial charge in [0.25, 0.3) is 0 Å². The highest BCUT2D eigenvalue weighted by molar-refractivity contribution is 6.20. The molecule has 2 heterocycles. The molecule has 0 radical (unpaired) electrons.